The number of β-amino-alcohol motifs (C(OH)–C–C–N with tert-alkyl or cyclic N) is 1. The van der Waals surface area contributed by atoms with Gasteiger partial charge in [0.15, 0.2) is 0 Å². The second-order valence-electron chi connectivity index (χ2n) is 6.57. The maximum atomic E-state index is 12.3. The first kappa shape index (κ1) is 16.0. The van der Waals surface area contributed by atoms with Gasteiger partial charge in [-0.1, -0.05) is 25.5 Å². The van der Waals surface area contributed by atoms with Crippen LogP contribution in [0.15, 0.2) is 24.3 Å². The molecule has 2 fully saturated rings. The molecule has 5 nitrogen and oxygen atoms in total. The van der Waals surface area contributed by atoms with Crippen molar-refractivity contribution in [1.29, 1.82) is 0 Å². The van der Waals surface area contributed by atoms with Crippen LogP contribution in [0.1, 0.15) is 31.7 Å². The number of aliphatic hydroxyl groups excluding tert-OH is 1. The van der Waals surface area contributed by atoms with E-state index >= 15 is 0 Å². The molecule has 0 bridgehead atoms. The SMILES string of the molecule is CCCCc1ccc(N2C[C@@H](C(=O)N3CC(O)C3)CC2=O)cc1. The summed E-state index contributed by atoms with van der Waals surface area (Å²) >= 11 is 0. The Bertz CT molecular complexity index is 578. The number of carbonyl (C=O) groups is 2. The van der Waals surface area contributed by atoms with Gasteiger partial charge in [0.25, 0.3) is 0 Å². The molecule has 0 unspecified atom stereocenters. The van der Waals surface area contributed by atoms with Crippen molar-refractivity contribution in [3.05, 3.63) is 29.8 Å². The van der Waals surface area contributed by atoms with Crippen LogP contribution in [0.4, 0.5) is 5.69 Å². The molecular formula is C18H24N2O3. The molecule has 0 saturated carbocycles. The standard InChI is InChI=1S/C18H24N2O3/c1-2-3-4-13-5-7-15(8-6-13)20-10-14(9-17(20)22)18(23)19-11-16(21)12-19/h5-8,14,16,21H,2-4,9-12H2,1H3/t14-/m0/s1. The Morgan fingerprint density at radius 3 is 2.52 bits per heavy atom. The third kappa shape index (κ3) is 3.39. The van der Waals surface area contributed by atoms with Crippen LogP contribution in [-0.4, -0.2) is 47.6 Å². The van der Waals surface area contributed by atoms with Crippen LogP contribution in [0, 0.1) is 5.92 Å². The number of carbonyl (C=O) groups excluding carboxylic acids is 2. The maximum absolute atomic E-state index is 12.3. The molecule has 0 spiro atoms. The van der Waals surface area contributed by atoms with Crippen molar-refractivity contribution in [1.82, 2.24) is 4.90 Å². The van der Waals surface area contributed by atoms with Crippen molar-refractivity contribution < 1.29 is 14.7 Å². The summed E-state index contributed by atoms with van der Waals surface area (Å²) in [6.45, 7) is 3.41. The van der Waals surface area contributed by atoms with Crippen molar-refractivity contribution in [3.63, 3.8) is 0 Å². The number of likely N-dealkylation sites (tertiary alicyclic amines) is 1. The van der Waals surface area contributed by atoms with Crippen LogP contribution < -0.4 is 4.90 Å². The minimum Gasteiger partial charge on any atom is -0.389 e. The molecule has 3 rings (SSSR count). The van der Waals surface area contributed by atoms with Crippen LogP contribution in [0.5, 0.6) is 0 Å². The molecule has 1 aromatic carbocycles. The van der Waals surface area contributed by atoms with E-state index < -0.39 is 6.10 Å². The Hall–Kier alpha value is -1.88. The summed E-state index contributed by atoms with van der Waals surface area (Å²) in [5.74, 6) is -0.286. The number of aliphatic hydroxyl groups is 1. The zero-order valence-corrected chi connectivity index (χ0v) is 13.6. The van der Waals surface area contributed by atoms with E-state index in [2.05, 4.69) is 19.1 Å². The summed E-state index contributed by atoms with van der Waals surface area (Å²) in [6, 6.07) is 8.09. The topological polar surface area (TPSA) is 60.9 Å². The first-order valence-corrected chi connectivity index (χ1v) is 8.44. The first-order chi connectivity index (χ1) is 11.1. The summed E-state index contributed by atoms with van der Waals surface area (Å²) in [5, 5.41) is 9.31. The average Bonchev–Trinajstić information content (AvgIpc) is 2.91. The smallest absolute Gasteiger partial charge is 0.228 e. The third-order valence-corrected chi connectivity index (χ3v) is 4.72. The lowest BCUT2D eigenvalue weighted by molar-refractivity contribution is -0.145. The van der Waals surface area contributed by atoms with Crippen molar-refractivity contribution in [2.45, 2.75) is 38.7 Å². The number of nitrogens with zero attached hydrogens (tertiary/aromatic N) is 2. The Balaban J connectivity index is 1.62. The first-order valence-electron chi connectivity index (χ1n) is 8.44. The molecule has 2 heterocycles. The molecule has 5 heteroatoms. The van der Waals surface area contributed by atoms with Crippen LogP contribution in [0.25, 0.3) is 0 Å². The van der Waals surface area contributed by atoms with Gasteiger partial charge in [-0.2, -0.15) is 0 Å². The predicted octanol–water partition coefficient (Wildman–Crippen LogP) is 1.59. The van der Waals surface area contributed by atoms with E-state index in [1.54, 1.807) is 9.80 Å². The average molecular weight is 316 g/mol. The Morgan fingerprint density at radius 1 is 1.22 bits per heavy atom. The predicted molar refractivity (Wildman–Crippen MR) is 88.1 cm³/mol. The summed E-state index contributed by atoms with van der Waals surface area (Å²) in [7, 11) is 0. The van der Waals surface area contributed by atoms with Gasteiger partial charge < -0.3 is 14.9 Å². The highest BCUT2D eigenvalue weighted by Crippen LogP contribution is 2.28. The lowest BCUT2D eigenvalue weighted by Crippen LogP contribution is -2.55. The highest BCUT2D eigenvalue weighted by Gasteiger charge is 2.40. The highest BCUT2D eigenvalue weighted by molar-refractivity contribution is 6.00. The lowest BCUT2D eigenvalue weighted by atomic mass is 10.0. The molecule has 23 heavy (non-hydrogen) atoms. The summed E-state index contributed by atoms with van der Waals surface area (Å²) in [6.07, 6.45) is 3.26. The van der Waals surface area contributed by atoms with Crippen LogP contribution in [0.2, 0.25) is 0 Å². The van der Waals surface area contributed by atoms with Crippen molar-refractivity contribution in [3.8, 4) is 0 Å². The summed E-state index contributed by atoms with van der Waals surface area (Å²) in [5.41, 5.74) is 2.15. The van der Waals surface area contributed by atoms with E-state index in [4.69, 9.17) is 0 Å². The fourth-order valence-electron chi connectivity index (χ4n) is 3.24. The number of unbranched alkanes of at least 4 members (excludes halogenated alkanes) is 1. The molecule has 2 aliphatic rings. The molecule has 124 valence electrons. The number of benzene rings is 1. The van der Waals surface area contributed by atoms with Crippen molar-refractivity contribution >= 4 is 17.5 Å². The van der Waals surface area contributed by atoms with E-state index in [1.807, 2.05) is 12.1 Å². The number of aryl methyl sites for hydroxylation is 1. The molecule has 0 aliphatic carbocycles. The fourth-order valence-corrected chi connectivity index (χ4v) is 3.24. The van der Waals surface area contributed by atoms with Crippen LogP contribution in [0.3, 0.4) is 0 Å². The molecule has 2 saturated heterocycles. The molecule has 1 atom stereocenters. The minimum absolute atomic E-state index is 0.00531. The second-order valence-corrected chi connectivity index (χ2v) is 6.57. The van der Waals surface area contributed by atoms with E-state index in [9.17, 15) is 14.7 Å². The monoisotopic (exact) mass is 316 g/mol. The van der Waals surface area contributed by atoms with E-state index in [0.717, 1.165) is 12.1 Å². The normalized spacial score (nSPS) is 21.7. The number of hydrogen-bond acceptors (Lipinski definition) is 3. The summed E-state index contributed by atoms with van der Waals surface area (Å²) < 4.78 is 0. The molecular weight excluding hydrogens is 292 g/mol. The highest BCUT2D eigenvalue weighted by atomic mass is 16.3. The maximum Gasteiger partial charge on any atom is 0.228 e. The molecule has 0 radical (unpaired) electrons. The van der Waals surface area contributed by atoms with Gasteiger partial charge in [-0.3, -0.25) is 9.59 Å². The van der Waals surface area contributed by atoms with Crippen LogP contribution in [-0.2, 0) is 16.0 Å². The van der Waals surface area contributed by atoms with Gasteiger partial charge in [-0.05, 0) is 30.5 Å². The lowest BCUT2D eigenvalue weighted by Gasteiger charge is -2.37. The van der Waals surface area contributed by atoms with E-state index in [-0.39, 0.29) is 24.2 Å². The Morgan fingerprint density at radius 2 is 1.91 bits per heavy atom. The largest absolute Gasteiger partial charge is 0.389 e. The summed E-state index contributed by atoms with van der Waals surface area (Å²) in [4.78, 5) is 27.9. The van der Waals surface area contributed by atoms with Gasteiger partial charge in [0.1, 0.15) is 0 Å². The van der Waals surface area contributed by atoms with Gasteiger partial charge in [-0.25, -0.2) is 0 Å². The van der Waals surface area contributed by atoms with Gasteiger partial charge in [-0.15, -0.1) is 0 Å². The van der Waals surface area contributed by atoms with Crippen molar-refractivity contribution in [2.24, 2.45) is 5.92 Å². The van der Waals surface area contributed by atoms with E-state index in [1.165, 1.54) is 18.4 Å². The number of rotatable bonds is 5. The second kappa shape index (κ2) is 6.71. The fraction of sp³-hybridized carbons (Fsp3) is 0.556. The van der Waals surface area contributed by atoms with Crippen molar-refractivity contribution in [2.75, 3.05) is 24.5 Å². The quantitative estimate of drug-likeness (QED) is 0.897. The Labute approximate surface area is 136 Å². The zero-order chi connectivity index (χ0) is 16.4. The van der Waals surface area contributed by atoms with Gasteiger partial charge in [0, 0.05) is 31.7 Å². The molecule has 0 aromatic heterocycles. The van der Waals surface area contributed by atoms with Gasteiger partial charge >= 0.3 is 0 Å². The van der Waals surface area contributed by atoms with Gasteiger partial charge in [0.05, 0.1) is 12.0 Å². The number of hydrogen-bond donors (Lipinski definition) is 1. The van der Waals surface area contributed by atoms with Crippen LogP contribution >= 0.6 is 0 Å². The molecule has 1 aromatic rings. The molecule has 2 amide bonds. The number of anilines is 1. The van der Waals surface area contributed by atoms with E-state index in [0.29, 0.717) is 19.6 Å². The van der Waals surface area contributed by atoms with Gasteiger partial charge in [0.2, 0.25) is 11.8 Å². The minimum atomic E-state index is -0.400. The Kier molecular flexibility index (Phi) is 4.66. The zero-order valence-electron chi connectivity index (χ0n) is 13.6. The third-order valence-electron chi connectivity index (χ3n) is 4.72. The molecule has 2 aliphatic heterocycles. The molecule has 1 N–H and O–H groups in total. The number of amides is 2.